The Morgan fingerprint density at radius 3 is 2.36 bits per heavy atom. The average Bonchev–Trinajstić information content (AvgIpc) is 2.04. The minimum Gasteiger partial charge on any atom is -0.290 e. The van der Waals surface area contributed by atoms with Gasteiger partial charge in [0.1, 0.15) is 0 Å². The molecule has 63 valence electrons. The third-order valence-electron chi connectivity index (χ3n) is 1.62. The van der Waals surface area contributed by atoms with Crippen LogP contribution in [0.15, 0.2) is 0 Å². The van der Waals surface area contributed by atoms with Gasteiger partial charge in [-0.15, -0.1) is 0 Å². The maximum atomic E-state index is 10.4. The van der Waals surface area contributed by atoms with Crippen LogP contribution in [0, 0.1) is 0 Å². The first-order valence-corrected chi connectivity index (χ1v) is 4.22. The Morgan fingerprint density at radius 2 is 1.82 bits per heavy atom. The van der Waals surface area contributed by atoms with Gasteiger partial charge >= 0.3 is 0 Å². The predicted molar refractivity (Wildman–Crippen MR) is 44.1 cm³/mol. The van der Waals surface area contributed by atoms with Gasteiger partial charge in [0.2, 0.25) is 5.78 Å². The Bertz CT molecular complexity index is 119. The van der Waals surface area contributed by atoms with E-state index in [2.05, 4.69) is 6.92 Å². The molecule has 0 aliphatic rings. The molecule has 0 bridgehead atoms. The highest BCUT2D eigenvalue weighted by Gasteiger charge is 1.98. The predicted octanol–water partition coefficient (Wildman–Crippen LogP) is 2.03. The van der Waals surface area contributed by atoms with Crippen LogP contribution in [0.25, 0.3) is 0 Å². The molecule has 0 fully saturated rings. The third kappa shape index (κ3) is 7.23. The lowest BCUT2D eigenvalue weighted by atomic mass is 10.1. The fourth-order valence-electron chi connectivity index (χ4n) is 0.940. The molecule has 0 aliphatic carbocycles. The Morgan fingerprint density at radius 1 is 1.18 bits per heavy atom. The van der Waals surface area contributed by atoms with Crippen molar-refractivity contribution >= 4 is 12.1 Å². The van der Waals surface area contributed by atoms with E-state index in [0.717, 1.165) is 12.8 Å². The van der Waals surface area contributed by atoms with Crippen LogP contribution >= 0.6 is 0 Å². The SMILES string of the molecule is CCCCCCCC(=O)[C]=O. The lowest BCUT2D eigenvalue weighted by Gasteiger charge is -1.95. The smallest absolute Gasteiger partial charge is 0.272 e. The largest absolute Gasteiger partial charge is 0.290 e. The second-order valence-electron chi connectivity index (χ2n) is 2.69. The van der Waals surface area contributed by atoms with Crippen LogP contribution in [0.1, 0.15) is 45.4 Å². The molecule has 11 heavy (non-hydrogen) atoms. The zero-order valence-corrected chi connectivity index (χ0v) is 7.06. The summed E-state index contributed by atoms with van der Waals surface area (Å²) in [6.45, 7) is 2.14. The summed E-state index contributed by atoms with van der Waals surface area (Å²) in [5, 5.41) is 0. The number of rotatable bonds is 7. The summed E-state index contributed by atoms with van der Waals surface area (Å²) in [5.41, 5.74) is 0. The number of carbonyl (C=O) groups is 1. The molecule has 0 heterocycles. The van der Waals surface area contributed by atoms with Gasteiger partial charge in [0.15, 0.2) is 0 Å². The second-order valence-corrected chi connectivity index (χ2v) is 2.69. The lowest BCUT2D eigenvalue weighted by Crippen LogP contribution is -1.97. The Kier molecular flexibility index (Phi) is 7.00. The quantitative estimate of drug-likeness (QED) is 0.416. The van der Waals surface area contributed by atoms with E-state index in [-0.39, 0.29) is 5.78 Å². The van der Waals surface area contributed by atoms with Crippen molar-refractivity contribution in [1.29, 1.82) is 0 Å². The molecule has 0 aliphatic heterocycles. The number of carbonyl (C=O) groups excluding carboxylic acids is 2. The molecule has 1 radical (unpaired) electrons. The molecule has 0 saturated carbocycles. The highest BCUT2D eigenvalue weighted by atomic mass is 16.2. The maximum Gasteiger partial charge on any atom is 0.272 e. The van der Waals surface area contributed by atoms with Crippen LogP contribution in [-0.4, -0.2) is 12.1 Å². The van der Waals surface area contributed by atoms with Crippen molar-refractivity contribution in [3.8, 4) is 0 Å². The van der Waals surface area contributed by atoms with Crippen LogP contribution in [0.5, 0.6) is 0 Å². The van der Waals surface area contributed by atoms with Crippen LogP contribution in [0.2, 0.25) is 0 Å². The molecule has 0 aromatic heterocycles. The summed E-state index contributed by atoms with van der Waals surface area (Å²) in [4.78, 5) is 20.2. The highest BCUT2D eigenvalue weighted by molar-refractivity contribution is 6.25. The zero-order chi connectivity index (χ0) is 8.53. The highest BCUT2D eigenvalue weighted by Crippen LogP contribution is 2.04. The van der Waals surface area contributed by atoms with Crippen molar-refractivity contribution in [2.45, 2.75) is 45.4 Å². The van der Waals surface area contributed by atoms with Gasteiger partial charge < -0.3 is 0 Å². The van der Waals surface area contributed by atoms with Gasteiger partial charge in [-0.3, -0.25) is 9.59 Å². The van der Waals surface area contributed by atoms with E-state index in [1.807, 2.05) is 0 Å². The van der Waals surface area contributed by atoms with E-state index >= 15 is 0 Å². The van der Waals surface area contributed by atoms with Crippen molar-refractivity contribution in [1.82, 2.24) is 0 Å². The molecule has 0 N–H and O–H groups in total. The first-order chi connectivity index (χ1) is 5.31. The minimum absolute atomic E-state index is 0.382. The molecule has 0 atom stereocenters. The Labute approximate surface area is 68.0 Å². The lowest BCUT2D eigenvalue weighted by molar-refractivity contribution is -0.113. The monoisotopic (exact) mass is 155 g/mol. The summed E-state index contributed by atoms with van der Waals surface area (Å²) < 4.78 is 0. The number of Topliss-reactive ketones (excluding diaryl/α,β-unsaturated/α-hetero) is 1. The first kappa shape index (κ1) is 10.3. The van der Waals surface area contributed by atoms with Crippen molar-refractivity contribution in [3.05, 3.63) is 0 Å². The number of hydrogen-bond donors (Lipinski definition) is 0. The van der Waals surface area contributed by atoms with Crippen molar-refractivity contribution < 1.29 is 9.59 Å². The fourth-order valence-corrected chi connectivity index (χ4v) is 0.940. The van der Waals surface area contributed by atoms with Gasteiger partial charge in [0.05, 0.1) is 0 Å². The van der Waals surface area contributed by atoms with Crippen molar-refractivity contribution in [3.63, 3.8) is 0 Å². The van der Waals surface area contributed by atoms with Crippen LogP contribution in [-0.2, 0) is 9.59 Å². The van der Waals surface area contributed by atoms with Gasteiger partial charge in [0.25, 0.3) is 6.29 Å². The summed E-state index contributed by atoms with van der Waals surface area (Å²) in [7, 11) is 0. The Hall–Kier alpha value is -0.660. The first-order valence-electron chi connectivity index (χ1n) is 4.22. The maximum absolute atomic E-state index is 10.4. The van der Waals surface area contributed by atoms with Crippen molar-refractivity contribution in [2.75, 3.05) is 0 Å². The third-order valence-corrected chi connectivity index (χ3v) is 1.62. The van der Waals surface area contributed by atoms with Crippen LogP contribution < -0.4 is 0 Å². The van der Waals surface area contributed by atoms with E-state index in [0.29, 0.717) is 6.42 Å². The normalized spacial score (nSPS) is 9.55. The number of unbranched alkanes of at least 4 members (excludes halogenated alkanes) is 4. The van der Waals surface area contributed by atoms with E-state index in [4.69, 9.17) is 0 Å². The summed E-state index contributed by atoms with van der Waals surface area (Å²) in [5.74, 6) is -0.388. The van der Waals surface area contributed by atoms with Gasteiger partial charge in [-0.2, -0.15) is 0 Å². The van der Waals surface area contributed by atoms with Crippen molar-refractivity contribution in [2.24, 2.45) is 0 Å². The zero-order valence-electron chi connectivity index (χ0n) is 7.06. The van der Waals surface area contributed by atoms with Crippen LogP contribution in [0.4, 0.5) is 0 Å². The summed E-state index contributed by atoms with van der Waals surface area (Å²) in [6, 6.07) is 0. The molecular formula is C9H15O2. The van der Waals surface area contributed by atoms with E-state index in [1.54, 1.807) is 0 Å². The van der Waals surface area contributed by atoms with Gasteiger partial charge in [-0.05, 0) is 6.42 Å². The summed E-state index contributed by atoms with van der Waals surface area (Å²) in [6.07, 6.45) is 7.24. The molecule has 0 spiro atoms. The van der Waals surface area contributed by atoms with Gasteiger partial charge in [-0.25, -0.2) is 0 Å². The van der Waals surface area contributed by atoms with E-state index in [9.17, 15) is 9.59 Å². The molecule has 0 aromatic rings. The fraction of sp³-hybridized carbons (Fsp3) is 0.778. The number of hydrogen-bond acceptors (Lipinski definition) is 2. The molecule has 2 heteroatoms. The van der Waals surface area contributed by atoms with E-state index < -0.39 is 0 Å². The molecule has 0 saturated heterocycles. The standard InChI is InChI=1S/C9H15O2/c1-2-3-4-5-6-7-9(11)8-10/h2-7H2,1H3. The van der Waals surface area contributed by atoms with Crippen LogP contribution in [0.3, 0.4) is 0 Å². The van der Waals surface area contributed by atoms with Gasteiger partial charge in [0, 0.05) is 6.42 Å². The topological polar surface area (TPSA) is 34.1 Å². The molecule has 0 unspecified atom stereocenters. The van der Waals surface area contributed by atoms with E-state index in [1.165, 1.54) is 25.5 Å². The minimum atomic E-state index is -0.388. The Balaban J connectivity index is 3.01. The number of ketones is 1. The van der Waals surface area contributed by atoms with Gasteiger partial charge in [-0.1, -0.05) is 32.6 Å². The second kappa shape index (κ2) is 7.45. The molecule has 2 nitrogen and oxygen atoms in total. The average molecular weight is 155 g/mol. The molecular weight excluding hydrogens is 140 g/mol. The summed E-state index contributed by atoms with van der Waals surface area (Å²) >= 11 is 0. The molecule has 0 amide bonds. The molecule has 0 rings (SSSR count). The molecule has 0 aromatic carbocycles.